The average Bonchev–Trinajstić information content (AvgIpc) is 3.05. The van der Waals surface area contributed by atoms with Gasteiger partial charge in [0.15, 0.2) is 0 Å². The maximum Gasteiger partial charge on any atom is 0.248 e. The molecule has 128 valence electrons. The number of fused-ring (bicyclic) bond motifs is 1. The first kappa shape index (κ1) is 15.7. The SMILES string of the molecule is NC(=O)c1ccc2nc(-c3ccc(Oc4cccc(O)c4)cc3)[nH]c2c1. The minimum atomic E-state index is -0.475. The predicted molar refractivity (Wildman–Crippen MR) is 98.2 cm³/mol. The maximum absolute atomic E-state index is 11.3. The molecular weight excluding hydrogens is 330 g/mol. The van der Waals surface area contributed by atoms with Crippen molar-refractivity contribution in [1.29, 1.82) is 0 Å². The van der Waals surface area contributed by atoms with Crippen molar-refractivity contribution in [1.82, 2.24) is 9.97 Å². The third kappa shape index (κ3) is 3.08. The molecule has 6 nitrogen and oxygen atoms in total. The highest BCUT2D eigenvalue weighted by atomic mass is 16.5. The van der Waals surface area contributed by atoms with Crippen molar-refractivity contribution < 1.29 is 14.6 Å². The third-order valence-electron chi connectivity index (χ3n) is 3.95. The first-order chi connectivity index (χ1) is 12.6. The summed E-state index contributed by atoms with van der Waals surface area (Å²) in [5.41, 5.74) is 8.12. The minimum Gasteiger partial charge on any atom is -0.508 e. The predicted octanol–water partition coefficient (Wildman–Crippen LogP) is 3.83. The van der Waals surface area contributed by atoms with Crippen molar-refractivity contribution in [2.24, 2.45) is 5.73 Å². The number of nitrogens with zero attached hydrogens (tertiary/aromatic N) is 1. The van der Waals surface area contributed by atoms with Crippen LogP contribution < -0.4 is 10.5 Å². The number of benzene rings is 3. The van der Waals surface area contributed by atoms with Gasteiger partial charge in [-0.05, 0) is 54.6 Å². The molecule has 0 saturated heterocycles. The summed E-state index contributed by atoms with van der Waals surface area (Å²) in [5.74, 6) is 1.56. The molecule has 3 aromatic carbocycles. The molecule has 4 rings (SSSR count). The Kier molecular flexibility index (Phi) is 3.78. The molecule has 1 aromatic heterocycles. The zero-order chi connectivity index (χ0) is 18.1. The quantitative estimate of drug-likeness (QED) is 0.523. The highest BCUT2D eigenvalue weighted by Gasteiger charge is 2.08. The molecule has 0 saturated carbocycles. The van der Waals surface area contributed by atoms with Gasteiger partial charge in [-0.2, -0.15) is 0 Å². The Morgan fingerprint density at radius 1 is 1.00 bits per heavy atom. The number of nitrogens with two attached hydrogens (primary N) is 1. The second-order valence-electron chi connectivity index (χ2n) is 5.81. The van der Waals surface area contributed by atoms with E-state index in [-0.39, 0.29) is 5.75 Å². The zero-order valence-corrected chi connectivity index (χ0v) is 13.6. The number of carbonyl (C=O) groups excluding carboxylic acids is 1. The molecule has 0 bridgehead atoms. The van der Waals surface area contributed by atoms with E-state index >= 15 is 0 Å². The Morgan fingerprint density at radius 2 is 1.81 bits per heavy atom. The summed E-state index contributed by atoms with van der Waals surface area (Å²) in [6, 6.07) is 19.1. The van der Waals surface area contributed by atoms with Crippen LogP contribution in [0.4, 0.5) is 0 Å². The van der Waals surface area contributed by atoms with E-state index in [1.165, 1.54) is 0 Å². The van der Waals surface area contributed by atoms with Gasteiger partial charge in [0.25, 0.3) is 0 Å². The molecule has 4 N–H and O–H groups in total. The molecule has 0 spiro atoms. The van der Waals surface area contributed by atoms with Crippen molar-refractivity contribution in [2.75, 3.05) is 0 Å². The molecule has 0 fully saturated rings. The van der Waals surface area contributed by atoms with E-state index in [1.54, 1.807) is 42.5 Å². The third-order valence-corrected chi connectivity index (χ3v) is 3.95. The van der Waals surface area contributed by atoms with Crippen LogP contribution >= 0.6 is 0 Å². The number of carbonyl (C=O) groups is 1. The van der Waals surface area contributed by atoms with Gasteiger partial charge in [0.2, 0.25) is 5.91 Å². The summed E-state index contributed by atoms with van der Waals surface area (Å²) in [7, 11) is 0. The molecule has 0 atom stereocenters. The van der Waals surface area contributed by atoms with Gasteiger partial charge in [0.1, 0.15) is 23.1 Å². The van der Waals surface area contributed by atoms with Crippen molar-refractivity contribution in [3.8, 4) is 28.6 Å². The minimum absolute atomic E-state index is 0.150. The van der Waals surface area contributed by atoms with Crippen LogP contribution in [-0.4, -0.2) is 21.0 Å². The van der Waals surface area contributed by atoms with Gasteiger partial charge in [-0.25, -0.2) is 4.98 Å². The largest absolute Gasteiger partial charge is 0.508 e. The smallest absolute Gasteiger partial charge is 0.248 e. The van der Waals surface area contributed by atoms with Crippen LogP contribution in [0, 0.1) is 0 Å². The van der Waals surface area contributed by atoms with E-state index in [1.807, 2.05) is 24.3 Å². The Bertz CT molecular complexity index is 1100. The average molecular weight is 345 g/mol. The number of phenolic OH excluding ortho intramolecular Hbond substituents is 1. The number of ether oxygens (including phenoxy) is 1. The van der Waals surface area contributed by atoms with E-state index in [2.05, 4.69) is 9.97 Å². The van der Waals surface area contributed by atoms with Crippen LogP contribution in [0.5, 0.6) is 17.2 Å². The molecule has 0 unspecified atom stereocenters. The Labute approximate surface area is 148 Å². The summed E-state index contributed by atoms with van der Waals surface area (Å²) < 4.78 is 5.71. The summed E-state index contributed by atoms with van der Waals surface area (Å²) in [6.45, 7) is 0. The van der Waals surface area contributed by atoms with E-state index in [0.717, 1.165) is 16.6 Å². The standard InChI is InChI=1S/C20H15N3O3/c21-19(25)13-6-9-17-18(10-13)23-20(22-17)12-4-7-15(8-5-12)26-16-3-1-2-14(24)11-16/h1-11,24H,(H2,21,25)(H,22,23). The van der Waals surface area contributed by atoms with Crippen molar-refractivity contribution >= 4 is 16.9 Å². The summed E-state index contributed by atoms with van der Waals surface area (Å²) in [5, 5.41) is 9.49. The number of primary amides is 1. The molecule has 6 heteroatoms. The van der Waals surface area contributed by atoms with Gasteiger partial charge in [-0.15, -0.1) is 0 Å². The number of hydrogen-bond acceptors (Lipinski definition) is 4. The van der Waals surface area contributed by atoms with Crippen molar-refractivity contribution in [2.45, 2.75) is 0 Å². The summed E-state index contributed by atoms with van der Waals surface area (Å²) >= 11 is 0. The molecular formula is C20H15N3O3. The van der Waals surface area contributed by atoms with Gasteiger partial charge >= 0.3 is 0 Å². The molecule has 4 aromatic rings. The topological polar surface area (TPSA) is 101 Å². The van der Waals surface area contributed by atoms with Crippen LogP contribution in [0.3, 0.4) is 0 Å². The Morgan fingerprint density at radius 3 is 2.54 bits per heavy atom. The van der Waals surface area contributed by atoms with E-state index in [4.69, 9.17) is 10.5 Å². The number of aromatic amines is 1. The van der Waals surface area contributed by atoms with Crippen molar-refractivity contribution in [3.05, 3.63) is 72.3 Å². The molecule has 1 heterocycles. The van der Waals surface area contributed by atoms with Gasteiger partial charge in [0.05, 0.1) is 11.0 Å². The fourth-order valence-electron chi connectivity index (χ4n) is 2.66. The normalized spacial score (nSPS) is 10.8. The van der Waals surface area contributed by atoms with Crippen LogP contribution in [0.15, 0.2) is 66.7 Å². The van der Waals surface area contributed by atoms with Gasteiger partial charge in [0, 0.05) is 17.2 Å². The highest BCUT2D eigenvalue weighted by molar-refractivity contribution is 5.96. The Hall–Kier alpha value is -3.80. The van der Waals surface area contributed by atoms with Gasteiger partial charge < -0.3 is 20.6 Å². The number of aromatic nitrogens is 2. The number of phenols is 1. The van der Waals surface area contributed by atoms with Gasteiger partial charge in [-0.3, -0.25) is 4.79 Å². The molecule has 0 aliphatic heterocycles. The second kappa shape index (κ2) is 6.25. The van der Waals surface area contributed by atoms with E-state index in [0.29, 0.717) is 22.9 Å². The molecule has 0 radical (unpaired) electrons. The molecule has 0 aliphatic carbocycles. The number of amides is 1. The lowest BCUT2D eigenvalue weighted by molar-refractivity contribution is 0.100. The van der Waals surface area contributed by atoms with Crippen LogP contribution in [0.25, 0.3) is 22.4 Å². The van der Waals surface area contributed by atoms with Gasteiger partial charge in [-0.1, -0.05) is 6.07 Å². The van der Waals surface area contributed by atoms with E-state index < -0.39 is 5.91 Å². The number of rotatable bonds is 4. The number of H-pyrrole nitrogens is 1. The first-order valence-corrected chi connectivity index (χ1v) is 7.95. The monoisotopic (exact) mass is 345 g/mol. The van der Waals surface area contributed by atoms with Crippen LogP contribution in [-0.2, 0) is 0 Å². The van der Waals surface area contributed by atoms with E-state index in [9.17, 15) is 9.90 Å². The summed E-state index contributed by atoms with van der Waals surface area (Å²) in [4.78, 5) is 19.0. The van der Waals surface area contributed by atoms with Crippen LogP contribution in [0.1, 0.15) is 10.4 Å². The number of nitrogens with one attached hydrogen (secondary N) is 1. The second-order valence-corrected chi connectivity index (χ2v) is 5.81. The fraction of sp³-hybridized carbons (Fsp3) is 0. The van der Waals surface area contributed by atoms with Crippen molar-refractivity contribution in [3.63, 3.8) is 0 Å². The lowest BCUT2D eigenvalue weighted by atomic mass is 10.2. The van der Waals surface area contributed by atoms with Crippen LogP contribution in [0.2, 0.25) is 0 Å². The molecule has 26 heavy (non-hydrogen) atoms. The number of hydrogen-bond donors (Lipinski definition) is 3. The lowest BCUT2D eigenvalue weighted by Gasteiger charge is -2.06. The molecule has 0 aliphatic rings. The fourth-order valence-corrected chi connectivity index (χ4v) is 2.66. The Balaban J connectivity index is 1.60. The zero-order valence-electron chi connectivity index (χ0n) is 13.6. The number of imidazole rings is 1. The first-order valence-electron chi connectivity index (χ1n) is 7.95. The highest BCUT2D eigenvalue weighted by Crippen LogP contribution is 2.27. The summed E-state index contributed by atoms with van der Waals surface area (Å²) in [6.07, 6.45) is 0. The lowest BCUT2D eigenvalue weighted by Crippen LogP contribution is -2.10. The maximum atomic E-state index is 11.3. The number of aromatic hydroxyl groups is 1. The molecule has 1 amide bonds.